The highest BCUT2D eigenvalue weighted by molar-refractivity contribution is 8.93. The van der Waals surface area contributed by atoms with Gasteiger partial charge in [0.15, 0.2) is 11.5 Å². The molecule has 0 amide bonds. The van der Waals surface area contributed by atoms with Crippen LogP contribution in [0.5, 0.6) is 11.5 Å². The standard InChI is InChI=1S/C16H19NO3.BrH/c1-19-12-3-2-10-9-17-7-6-16-5-4-11(18)8-13(16)20-15(12)14(10)16;/h2-5,11,13,17-18H,6-9H2,1H3;1H/t11-,13-,16-;/m0./s1. The number of benzene rings is 1. The molecule has 0 aromatic heterocycles. The lowest BCUT2D eigenvalue weighted by molar-refractivity contribution is 0.0851. The summed E-state index contributed by atoms with van der Waals surface area (Å²) in [6.45, 7) is 1.82. The Balaban J connectivity index is 0.00000132. The van der Waals surface area contributed by atoms with Crippen molar-refractivity contribution in [3.63, 3.8) is 0 Å². The summed E-state index contributed by atoms with van der Waals surface area (Å²) in [5.74, 6) is 1.67. The van der Waals surface area contributed by atoms with Gasteiger partial charge >= 0.3 is 0 Å². The third-order valence-electron chi connectivity index (χ3n) is 4.83. The molecule has 4 rings (SSSR count). The number of methoxy groups -OCH3 is 1. The molecule has 1 spiro atoms. The summed E-state index contributed by atoms with van der Waals surface area (Å²) in [5, 5.41) is 13.4. The Kier molecular flexibility index (Phi) is 3.76. The number of hydrogen-bond acceptors (Lipinski definition) is 4. The van der Waals surface area contributed by atoms with Gasteiger partial charge in [0.1, 0.15) is 6.10 Å². The van der Waals surface area contributed by atoms with Crippen molar-refractivity contribution in [1.29, 1.82) is 0 Å². The van der Waals surface area contributed by atoms with Crippen molar-refractivity contribution in [3.05, 3.63) is 35.4 Å². The van der Waals surface area contributed by atoms with Gasteiger partial charge in [-0.2, -0.15) is 0 Å². The molecule has 4 nitrogen and oxygen atoms in total. The number of aliphatic hydroxyl groups excluding tert-OH is 1. The Labute approximate surface area is 134 Å². The first kappa shape index (κ1) is 14.9. The largest absolute Gasteiger partial charge is 0.493 e. The maximum Gasteiger partial charge on any atom is 0.166 e. The number of hydrogen-bond donors (Lipinski definition) is 2. The first-order chi connectivity index (χ1) is 9.74. The van der Waals surface area contributed by atoms with E-state index in [2.05, 4.69) is 17.5 Å². The van der Waals surface area contributed by atoms with Gasteiger partial charge in [-0.05, 0) is 24.6 Å². The van der Waals surface area contributed by atoms with E-state index in [0.29, 0.717) is 6.42 Å². The van der Waals surface area contributed by atoms with Crippen LogP contribution in [0.1, 0.15) is 24.0 Å². The molecule has 1 aromatic rings. The number of rotatable bonds is 1. The third kappa shape index (κ3) is 2.02. The summed E-state index contributed by atoms with van der Waals surface area (Å²) < 4.78 is 11.7. The van der Waals surface area contributed by atoms with Gasteiger partial charge in [0, 0.05) is 18.5 Å². The Morgan fingerprint density at radius 1 is 1.43 bits per heavy atom. The molecular formula is C16H20BrNO3. The van der Waals surface area contributed by atoms with E-state index in [1.54, 1.807) is 7.11 Å². The Bertz CT molecular complexity index is 589. The smallest absolute Gasteiger partial charge is 0.166 e. The highest BCUT2D eigenvalue weighted by atomic mass is 79.9. The van der Waals surface area contributed by atoms with Crippen LogP contribution in [0.2, 0.25) is 0 Å². The number of ether oxygens (including phenoxy) is 2. The lowest BCUT2D eigenvalue weighted by atomic mass is 9.69. The Morgan fingerprint density at radius 3 is 3.10 bits per heavy atom. The van der Waals surface area contributed by atoms with Gasteiger partial charge in [0.25, 0.3) is 0 Å². The fourth-order valence-corrected chi connectivity index (χ4v) is 3.87. The van der Waals surface area contributed by atoms with E-state index >= 15 is 0 Å². The minimum atomic E-state index is -0.411. The molecule has 0 fully saturated rings. The number of nitrogens with one attached hydrogen (secondary N) is 1. The van der Waals surface area contributed by atoms with Crippen molar-refractivity contribution in [2.75, 3.05) is 13.7 Å². The summed E-state index contributed by atoms with van der Waals surface area (Å²) in [7, 11) is 1.68. The fourth-order valence-electron chi connectivity index (χ4n) is 3.87. The molecule has 114 valence electrons. The molecule has 0 saturated carbocycles. The van der Waals surface area contributed by atoms with Crippen LogP contribution in [-0.4, -0.2) is 31.0 Å². The van der Waals surface area contributed by atoms with Gasteiger partial charge in [0.2, 0.25) is 0 Å². The molecule has 0 radical (unpaired) electrons. The Morgan fingerprint density at radius 2 is 2.29 bits per heavy atom. The number of halogens is 1. The van der Waals surface area contributed by atoms with Gasteiger partial charge in [0.05, 0.1) is 18.6 Å². The van der Waals surface area contributed by atoms with E-state index in [9.17, 15) is 5.11 Å². The first-order valence-corrected chi connectivity index (χ1v) is 7.20. The molecule has 5 heteroatoms. The lowest BCUT2D eigenvalue weighted by Gasteiger charge is -2.35. The molecule has 3 atom stereocenters. The van der Waals surface area contributed by atoms with Gasteiger partial charge in [-0.15, -0.1) is 17.0 Å². The zero-order valence-electron chi connectivity index (χ0n) is 12.0. The van der Waals surface area contributed by atoms with Crippen molar-refractivity contribution >= 4 is 17.0 Å². The van der Waals surface area contributed by atoms with Gasteiger partial charge in [-0.1, -0.05) is 18.2 Å². The van der Waals surface area contributed by atoms with Crippen molar-refractivity contribution in [1.82, 2.24) is 5.32 Å². The fraction of sp³-hybridized carbons (Fsp3) is 0.500. The molecule has 3 aliphatic rings. The molecule has 1 aromatic carbocycles. The second-order valence-electron chi connectivity index (χ2n) is 5.87. The second-order valence-corrected chi connectivity index (χ2v) is 5.87. The molecule has 0 bridgehead atoms. The van der Waals surface area contributed by atoms with E-state index < -0.39 is 6.10 Å². The quantitative estimate of drug-likeness (QED) is 0.759. The summed E-state index contributed by atoms with van der Waals surface area (Å²) in [6, 6.07) is 4.11. The Hall–Kier alpha value is -1.04. The van der Waals surface area contributed by atoms with Gasteiger partial charge in [-0.25, -0.2) is 0 Å². The second kappa shape index (κ2) is 5.30. The molecular weight excluding hydrogens is 334 g/mol. The van der Waals surface area contributed by atoms with Gasteiger partial charge < -0.3 is 19.9 Å². The van der Waals surface area contributed by atoms with Crippen LogP contribution in [0.25, 0.3) is 0 Å². The van der Waals surface area contributed by atoms with Crippen molar-refractivity contribution < 1.29 is 14.6 Å². The predicted molar refractivity (Wildman–Crippen MR) is 85.5 cm³/mol. The van der Waals surface area contributed by atoms with Gasteiger partial charge in [-0.3, -0.25) is 0 Å². The van der Waals surface area contributed by atoms with Crippen LogP contribution in [0.3, 0.4) is 0 Å². The zero-order chi connectivity index (χ0) is 13.7. The van der Waals surface area contributed by atoms with E-state index in [4.69, 9.17) is 9.47 Å². The van der Waals surface area contributed by atoms with Crippen LogP contribution in [0, 0.1) is 0 Å². The van der Waals surface area contributed by atoms with E-state index in [-0.39, 0.29) is 28.5 Å². The molecule has 1 aliphatic carbocycles. The van der Waals surface area contributed by atoms with Crippen LogP contribution in [0.4, 0.5) is 0 Å². The molecule has 0 saturated heterocycles. The van der Waals surface area contributed by atoms with E-state index in [1.165, 1.54) is 11.1 Å². The van der Waals surface area contributed by atoms with Crippen LogP contribution >= 0.6 is 17.0 Å². The summed E-state index contributed by atoms with van der Waals surface area (Å²) in [4.78, 5) is 0. The third-order valence-corrected chi connectivity index (χ3v) is 4.83. The first-order valence-electron chi connectivity index (χ1n) is 7.20. The predicted octanol–water partition coefficient (Wildman–Crippen LogP) is 2.09. The monoisotopic (exact) mass is 353 g/mol. The van der Waals surface area contributed by atoms with Crippen molar-refractivity contribution in [2.45, 2.75) is 37.0 Å². The topological polar surface area (TPSA) is 50.7 Å². The molecule has 2 heterocycles. The maximum absolute atomic E-state index is 9.92. The average Bonchev–Trinajstić information content (AvgIpc) is 2.66. The zero-order valence-corrected chi connectivity index (χ0v) is 13.7. The van der Waals surface area contributed by atoms with Crippen LogP contribution in [-0.2, 0) is 12.0 Å². The van der Waals surface area contributed by atoms with E-state index in [1.807, 2.05) is 12.1 Å². The van der Waals surface area contributed by atoms with Crippen molar-refractivity contribution in [2.24, 2.45) is 0 Å². The minimum Gasteiger partial charge on any atom is -0.493 e. The summed E-state index contributed by atoms with van der Waals surface area (Å²) in [6.07, 6.45) is 5.32. The van der Waals surface area contributed by atoms with Crippen LogP contribution in [0.15, 0.2) is 24.3 Å². The highest BCUT2D eigenvalue weighted by Crippen LogP contribution is 2.55. The van der Waals surface area contributed by atoms with Crippen LogP contribution < -0.4 is 14.8 Å². The maximum atomic E-state index is 9.92. The summed E-state index contributed by atoms with van der Waals surface area (Å²) in [5.41, 5.74) is 2.43. The molecule has 0 unspecified atom stereocenters. The molecule has 2 aliphatic heterocycles. The average molecular weight is 354 g/mol. The lowest BCUT2D eigenvalue weighted by Crippen LogP contribution is -2.42. The molecule has 21 heavy (non-hydrogen) atoms. The number of aliphatic hydroxyl groups is 1. The normalized spacial score (nSPS) is 32.3. The highest BCUT2D eigenvalue weighted by Gasteiger charge is 2.52. The molecule has 2 N–H and O–H groups in total. The minimum absolute atomic E-state index is 0. The van der Waals surface area contributed by atoms with Crippen molar-refractivity contribution in [3.8, 4) is 11.5 Å². The SMILES string of the molecule is Br.COc1ccc2c3c1O[C@H]1C[C@@H](O)C=C[C@@]31CCNC2. The van der Waals surface area contributed by atoms with E-state index in [0.717, 1.165) is 31.0 Å². The summed E-state index contributed by atoms with van der Waals surface area (Å²) >= 11 is 0.